The van der Waals surface area contributed by atoms with Gasteiger partial charge in [-0.15, -0.1) is 0 Å². The minimum Gasteiger partial charge on any atom is -0.493 e. The van der Waals surface area contributed by atoms with Gasteiger partial charge in [0, 0.05) is 29.4 Å². The molecule has 2 aromatic carbocycles. The molecule has 0 spiro atoms. The fourth-order valence-electron chi connectivity index (χ4n) is 2.81. The van der Waals surface area contributed by atoms with Crippen molar-refractivity contribution in [3.63, 3.8) is 0 Å². The Morgan fingerprint density at radius 1 is 1.08 bits per heavy atom. The third-order valence-corrected chi connectivity index (χ3v) is 4.06. The van der Waals surface area contributed by atoms with E-state index in [9.17, 15) is 4.79 Å². The summed E-state index contributed by atoms with van der Waals surface area (Å²) in [6.45, 7) is 0.191. The van der Waals surface area contributed by atoms with E-state index in [0.717, 1.165) is 10.9 Å². The fraction of sp³-hybridized carbons (Fsp3) is 0.167. The molecule has 0 aliphatic carbocycles. The van der Waals surface area contributed by atoms with Gasteiger partial charge in [0.05, 0.1) is 25.3 Å². The summed E-state index contributed by atoms with van der Waals surface area (Å²) in [6, 6.07) is 8.84. The lowest BCUT2D eigenvalue weighted by Gasteiger charge is -2.08. The van der Waals surface area contributed by atoms with Crippen LogP contribution >= 0.6 is 0 Å². The molecular formula is C18H16N2O5. The number of hydrogen-bond donors (Lipinski definition) is 2. The number of benzene rings is 2. The molecule has 7 heteroatoms. The van der Waals surface area contributed by atoms with Crippen LogP contribution < -0.4 is 24.3 Å². The Kier molecular flexibility index (Phi) is 3.61. The lowest BCUT2D eigenvalue weighted by Crippen LogP contribution is -2.11. The molecule has 1 amide bonds. The molecule has 0 saturated carbocycles. The molecule has 2 heterocycles. The Balaban J connectivity index is 1.66. The molecule has 7 nitrogen and oxygen atoms in total. The van der Waals surface area contributed by atoms with E-state index in [1.165, 1.54) is 0 Å². The number of ether oxygens (including phenoxy) is 4. The van der Waals surface area contributed by atoms with Crippen molar-refractivity contribution in [1.29, 1.82) is 0 Å². The van der Waals surface area contributed by atoms with Crippen LogP contribution in [0, 0.1) is 0 Å². The number of amides is 1. The van der Waals surface area contributed by atoms with Gasteiger partial charge < -0.3 is 29.2 Å². The van der Waals surface area contributed by atoms with Gasteiger partial charge in [-0.25, -0.2) is 0 Å². The minimum atomic E-state index is -0.239. The number of rotatable bonds is 4. The Morgan fingerprint density at radius 3 is 2.64 bits per heavy atom. The second-order valence-corrected chi connectivity index (χ2v) is 5.48. The van der Waals surface area contributed by atoms with Gasteiger partial charge in [-0.1, -0.05) is 0 Å². The van der Waals surface area contributed by atoms with Gasteiger partial charge in [-0.2, -0.15) is 0 Å². The first-order valence-corrected chi connectivity index (χ1v) is 7.63. The van der Waals surface area contributed by atoms with Gasteiger partial charge in [0.25, 0.3) is 5.91 Å². The highest BCUT2D eigenvalue weighted by molar-refractivity contribution is 6.13. The molecule has 0 saturated heterocycles. The third-order valence-electron chi connectivity index (χ3n) is 4.06. The van der Waals surface area contributed by atoms with Crippen molar-refractivity contribution in [2.75, 3.05) is 26.3 Å². The lowest BCUT2D eigenvalue weighted by molar-refractivity contribution is 0.102. The van der Waals surface area contributed by atoms with Crippen molar-refractivity contribution < 1.29 is 23.7 Å². The highest BCUT2D eigenvalue weighted by Gasteiger charge is 2.18. The molecular weight excluding hydrogens is 324 g/mol. The maximum atomic E-state index is 12.7. The van der Waals surface area contributed by atoms with Crippen molar-refractivity contribution in [1.82, 2.24) is 4.98 Å². The predicted molar refractivity (Wildman–Crippen MR) is 91.9 cm³/mol. The van der Waals surface area contributed by atoms with Crippen LogP contribution in [0.3, 0.4) is 0 Å². The van der Waals surface area contributed by atoms with Crippen molar-refractivity contribution in [3.05, 3.63) is 42.1 Å². The topological polar surface area (TPSA) is 81.8 Å². The average Bonchev–Trinajstić information content (AvgIpc) is 3.26. The summed E-state index contributed by atoms with van der Waals surface area (Å²) >= 11 is 0. The number of nitrogens with one attached hydrogen (secondary N) is 2. The zero-order chi connectivity index (χ0) is 17.4. The van der Waals surface area contributed by atoms with Gasteiger partial charge in [-0.05, 0) is 18.2 Å². The number of anilines is 1. The largest absolute Gasteiger partial charge is 0.493 e. The molecule has 1 aliphatic rings. The summed E-state index contributed by atoms with van der Waals surface area (Å²) in [7, 11) is 3.13. The molecule has 128 valence electrons. The van der Waals surface area contributed by atoms with Crippen LogP contribution in [0.2, 0.25) is 0 Å². The van der Waals surface area contributed by atoms with Gasteiger partial charge in [0.1, 0.15) is 0 Å². The van der Waals surface area contributed by atoms with Crippen LogP contribution in [0.25, 0.3) is 10.9 Å². The number of H-pyrrole nitrogens is 1. The van der Waals surface area contributed by atoms with Crippen molar-refractivity contribution in [3.8, 4) is 23.0 Å². The van der Waals surface area contributed by atoms with E-state index in [1.807, 2.05) is 0 Å². The lowest BCUT2D eigenvalue weighted by atomic mass is 10.1. The van der Waals surface area contributed by atoms with E-state index in [0.29, 0.717) is 34.2 Å². The van der Waals surface area contributed by atoms with E-state index < -0.39 is 0 Å². The molecule has 0 atom stereocenters. The van der Waals surface area contributed by atoms with Crippen LogP contribution in [0.15, 0.2) is 36.5 Å². The molecule has 0 unspecified atom stereocenters. The van der Waals surface area contributed by atoms with Crippen LogP contribution in [-0.4, -0.2) is 31.9 Å². The molecule has 1 aromatic heterocycles. The minimum absolute atomic E-state index is 0.191. The van der Waals surface area contributed by atoms with Gasteiger partial charge in [0.2, 0.25) is 6.79 Å². The van der Waals surface area contributed by atoms with Gasteiger partial charge in [0.15, 0.2) is 23.0 Å². The first-order chi connectivity index (χ1) is 12.2. The number of fused-ring (bicyclic) bond motifs is 2. The summed E-state index contributed by atoms with van der Waals surface area (Å²) in [5, 5.41) is 3.61. The number of carbonyl (C=O) groups excluding carboxylic acids is 1. The van der Waals surface area contributed by atoms with E-state index in [-0.39, 0.29) is 12.7 Å². The Hall–Kier alpha value is -3.35. The average molecular weight is 340 g/mol. The first kappa shape index (κ1) is 15.2. The third kappa shape index (κ3) is 2.59. The van der Waals surface area contributed by atoms with E-state index in [2.05, 4.69) is 10.3 Å². The van der Waals surface area contributed by atoms with Gasteiger partial charge in [-0.3, -0.25) is 4.79 Å². The van der Waals surface area contributed by atoms with Crippen molar-refractivity contribution in [2.45, 2.75) is 0 Å². The van der Waals surface area contributed by atoms with Crippen LogP contribution in [0.4, 0.5) is 5.69 Å². The van der Waals surface area contributed by atoms with E-state index in [4.69, 9.17) is 18.9 Å². The zero-order valence-electron chi connectivity index (χ0n) is 13.7. The van der Waals surface area contributed by atoms with E-state index >= 15 is 0 Å². The van der Waals surface area contributed by atoms with Crippen LogP contribution in [0.1, 0.15) is 10.4 Å². The molecule has 0 fully saturated rings. The van der Waals surface area contributed by atoms with Crippen molar-refractivity contribution in [2.24, 2.45) is 0 Å². The molecule has 4 rings (SSSR count). The smallest absolute Gasteiger partial charge is 0.257 e. The van der Waals surface area contributed by atoms with Crippen LogP contribution in [0.5, 0.6) is 23.0 Å². The SMILES string of the molecule is COc1cc2[nH]cc(C(=O)Nc3ccc4c(c3)OCO4)c2cc1OC. The molecule has 1 aliphatic heterocycles. The van der Waals surface area contributed by atoms with Crippen molar-refractivity contribution >= 4 is 22.5 Å². The monoisotopic (exact) mass is 340 g/mol. The summed E-state index contributed by atoms with van der Waals surface area (Å²) in [4.78, 5) is 15.7. The first-order valence-electron chi connectivity index (χ1n) is 7.63. The Morgan fingerprint density at radius 2 is 1.84 bits per heavy atom. The number of hydrogen-bond acceptors (Lipinski definition) is 5. The summed E-state index contributed by atoms with van der Waals surface area (Å²) in [5.74, 6) is 2.20. The number of aromatic amines is 1. The number of carbonyl (C=O) groups is 1. The summed E-state index contributed by atoms with van der Waals surface area (Å²) in [5.41, 5.74) is 1.92. The summed E-state index contributed by atoms with van der Waals surface area (Å²) < 4.78 is 21.2. The molecule has 2 N–H and O–H groups in total. The number of aromatic nitrogens is 1. The predicted octanol–water partition coefficient (Wildman–Crippen LogP) is 3.17. The highest BCUT2D eigenvalue weighted by Crippen LogP contribution is 2.35. The van der Waals surface area contributed by atoms with Crippen LogP contribution in [-0.2, 0) is 0 Å². The Bertz CT molecular complexity index is 963. The highest BCUT2D eigenvalue weighted by atomic mass is 16.7. The maximum absolute atomic E-state index is 12.7. The van der Waals surface area contributed by atoms with E-state index in [1.54, 1.807) is 50.7 Å². The molecule has 0 bridgehead atoms. The fourth-order valence-corrected chi connectivity index (χ4v) is 2.81. The normalized spacial score (nSPS) is 12.2. The maximum Gasteiger partial charge on any atom is 0.257 e. The zero-order valence-corrected chi connectivity index (χ0v) is 13.7. The molecule has 25 heavy (non-hydrogen) atoms. The molecule has 0 radical (unpaired) electrons. The quantitative estimate of drug-likeness (QED) is 0.762. The van der Waals surface area contributed by atoms with Gasteiger partial charge >= 0.3 is 0 Å². The standard InChI is InChI=1S/C18H16N2O5/c1-22-15-6-11-12(8-19-13(11)7-16(15)23-2)18(21)20-10-3-4-14-17(5-10)25-9-24-14/h3-8,19H,9H2,1-2H3,(H,20,21). The second kappa shape index (κ2) is 5.94. The number of methoxy groups -OCH3 is 2. The Labute approximate surface area is 143 Å². The molecule has 3 aromatic rings. The summed E-state index contributed by atoms with van der Waals surface area (Å²) in [6.07, 6.45) is 1.66. The second-order valence-electron chi connectivity index (χ2n) is 5.48.